The van der Waals surface area contributed by atoms with Crippen molar-refractivity contribution in [2.24, 2.45) is 0 Å². The van der Waals surface area contributed by atoms with E-state index in [-0.39, 0.29) is 12.4 Å². The van der Waals surface area contributed by atoms with E-state index in [4.69, 9.17) is 23.2 Å². The first-order valence-corrected chi connectivity index (χ1v) is 10.0. The van der Waals surface area contributed by atoms with Gasteiger partial charge in [0.25, 0.3) is 0 Å². The van der Waals surface area contributed by atoms with Crippen LogP contribution in [0.4, 0.5) is 0 Å². The first kappa shape index (κ1) is 20.7. The number of pyridine rings is 2. The summed E-state index contributed by atoms with van der Waals surface area (Å²) >= 11 is 14.2. The maximum Gasteiger partial charge on any atom is 0.231 e. The molecule has 0 saturated carbocycles. The summed E-state index contributed by atoms with van der Waals surface area (Å²) in [6.07, 6.45) is 3.45. The lowest BCUT2D eigenvalue weighted by molar-refractivity contribution is -0.596. The predicted octanol–water partition coefficient (Wildman–Crippen LogP) is 3.08. The zero-order valence-electron chi connectivity index (χ0n) is 15.2. The van der Waals surface area contributed by atoms with Gasteiger partial charge in [-0.25, -0.2) is 0 Å². The first-order chi connectivity index (χ1) is 13.0. The van der Waals surface area contributed by atoms with Crippen LogP contribution in [0.25, 0.3) is 28.2 Å². The van der Waals surface area contributed by atoms with Crippen molar-refractivity contribution >= 4 is 34.5 Å². The zero-order chi connectivity index (χ0) is 19.0. The molecule has 3 nitrogen and oxygen atoms in total. The van der Waals surface area contributed by atoms with Gasteiger partial charge in [-0.05, 0) is 43.3 Å². The average Bonchev–Trinajstić information content (AvgIpc) is 3.00. The predicted molar refractivity (Wildman–Crippen MR) is 112 cm³/mol. The minimum atomic E-state index is 0. The van der Waals surface area contributed by atoms with Gasteiger partial charge >= 0.3 is 0 Å². The molecule has 3 heterocycles. The fourth-order valence-electron chi connectivity index (χ4n) is 3.01. The Hall–Kier alpha value is -1.98. The van der Waals surface area contributed by atoms with Gasteiger partial charge < -0.3 is 12.4 Å². The molecule has 1 aromatic carbocycles. The van der Waals surface area contributed by atoms with Crippen LogP contribution in [-0.4, -0.2) is 9.97 Å². The third-order valence-corrected chi connectivity index (χ3v) is 5.91. The Morgan fingerprint density at radius 3 is 1.82 bits per heavy atom. The van der Waals surface area contributed by atoms with Crippen LogP contribution in [0, 0.1) is 13.8 Å². The summed E-state index contributed by atoms with van der Waals surface area (Å²) in [5.41, 5.74) is 7.92. The lowest BCUT2D eigenvalue weighted by Gasteiger charge is -2.10. The largest absolute Gasteiger partial charge is 1.00 e. The van der Waals surface area contributed by atoms with Gasteiger partial charge in [0.1, 0.15) is 0 Å². The van der Waals surface area contributed by atoms with Crippen LogP contribution >= 0.6 is 34.5 Å². The summed E-state index contributed by atoms with van der Waals surface area (Å²) in [6, 6.07) is 13.4. The molecule has 3 aromatic heterocycles. The van der Waals surface area contributed by atoms with Crippen molar-refractivity contribution in [1.29, 1.82) is 0 Å². The van der Waals surface area contributed by atoms with E-state index in [9.17, 15) is 0 Å². The number of para-hydroxylation sites is 1. The molecule has 28 heavy (non-hydrogen) atoms. The highest BCUT2D eigenvalue weighted by Crippen LogP contribution is 2.33. The van der Waals surface area contributed by atoms with E-state index in [0.717, 1.165) is 28.2 Å². The molecule has 0 aliphatic carbocycles. The van der Waals surface area contributed by atoms with Crippen molar-refractivity contribution in [3.8, 4) is 28.2 Å². The van der Waals surface area contributed by atoms with Crippen molar-refractivity contribution < 1.29 is 17.0 Å². The smallest absolute Gasteiger partial charge is 0.231 e. The monoisotopic (exact) mass is 447 g/mol. The summed E-state index contributed by atoms with van der Waals surface area (Å²) in [4.78, 5) is 10.3. The lowest BCUT2D eigenvalue weighted by Crippen LogP contribution is -3.00. The van der Waals surface area contributed by atoms with E-state index < -0.39 is 0 Å². The number of rotatable bonds is 3. The molecular formula is C21H16Cl3N3S. The molecular weight excluding hydrogens is 433 g/mol. The van der Waals surface area contributed by atoms with Crippen molar-refractivity contribution in [1.82, 2.24) is 9.97 Å². The van der Waals surface area contributed by atoms with Crippen LogP contribution in [-0.2, 0) is 0 Å². The number of hydrogen-bond acceptors (Lipinski definition) is 3. The van der Waals surface area contributed by atoms with Gasteiger partial charge in [-0.1, -0.05) is 40.6 Å². The first-order valence-electron chi connectivity index (χ1n) is 8.38. The molecule has 0 N–H and O–H groups in total. The molecule has 0 atom stereocenters. The van der Waals surface area contributed by atoms with E-state index in [2.05, 4.69) is 46.0 Å². The summed E-state index contributed by atoms with van der Waals surface area (Å²) < 4.78 is 2.19. The third-order valence-electron chi connectivity index (χ3n) is 4.48. The van der Waals surface area contributed by atoms with Gasteiger partial charge in [0.2, 0.25) is 11.2 Å². The molecule has 0 bridgehead atoms. The molecule has 4 rings (SSSR count). The number of thiazole rings is 1. The number of aromatic nitrogens is 3. The quantitative estimate of drug-likeness (QED) is 0.451. The second kappa shape index (κ2) is 8.58. The Morgan fingerprint density at radius 2 is 1.39 bits per heavy atom. The van der Waals surface area contributed by atoms with Gasteiger partial charge in [-0.3, -0.25) is 9.97 Å². The molecule has 0 spiro atoms. The Balaban J connectivity index is 0.00000225. The highest BCUT2D eigenvalue weighted by Gasteiger charge is 2.26. The van der Waals surface area contributed by atoms with Gasteiger partial charge in [-0.2, -0.15) is 4.57 Å². The zero-order valence-corrected chi connectivity index (χ0v) is 18.2. The Bertz CT molecular complexity index is 1080. The van der Waals surface area contributed by atoms with Gasteiger partial charge in [-0.15, -0.1) is 0 Å². The van der Waals surface area contributed by atoms with Crippen molar-refractivity contribution in [3.05, 3.63) is 81.0 Å². The highest BCUT2D eigenvalue weighted by molar-refractivity contribution is 7.09. The van der Waals surface area contributed by atoms with Gasteiger partial charge in [0.05, 0.1) is 27.4 Å². The Kier molecular flexibility index (Phi) is 6.36. The molecule has 0 amide bonds. The van der Waals surface area contributed by atoms with Crippen LogP contribution in [0.1, 0.15) is 10.6 Å². The molecule has 0 unspecified atom stereocenters. The van der Waals surface area contributed by atoms with E-state index >= 15 is 0 Å². The molecule has 0 fully saturated rings. The normalized spacial score (nSPS) is 10.6. The standard InChI is InChI=1S/C21H16Cl2N3S.ClH/c1-13-14(2)27-12-26(13)21-17(19-10-15(22)6-8-24-19)4-3-5-18(21)20-11-16(23)7-9-25-20;/h3-12H,1-2H3;1H/q+1;/p-1. The van der Waals surface area contributed by atoms with Crippen molar-refractivity contribution in [3.63, 3.8) is 0 Å². The number of benzene rings is 1. The molecule has 0 aliphatic rings. The second-order valence-electron chi connectivity index (χ2n) is 6.16. The van der Waals surface area contributed by atoms with Crippen molar-refractivity contribution in [2.75, 3.05) is 0 Å². The van der Waals surface area contributed by atoms with Crippen LogP contribution < -0.4 is 17.0 Å². The highest BCUT2D eigenvalue weighted by atomic mass is 35.5. The van der Waals surface area contributed by atoms with E-state index in [1.807, 2.05) is 18.2 Å². The number of hydrogen-bond donors (Lipinski definition) is 0. The minimum Gasteiger partial charge on any atom is -1.00 e. The topological polar surface area (TPSA) is 29.7 Å². The van der Waals surface area contributed by atoms with Crippen LogP contribution in [0.3, 0.4) is 0 Å². The molecule has 0 radical (unpaired) electrons. The third kappa shape index (κ3) is 3.91. The summed E-state index contributed by atoms with van der Waals surface area (Å²) in [5.74, 6) is 0. The maximum atomic E-state index is 6.23. The summed E-state index contributed by atoms with van der Waals surface area (Å²) in [7, 11) is 0. The second-order valence-corrected chi connectivity index (χ2v) is 8.09. The lowest BCUT2D eigenvalue weighted by atomic mass is 10.0. The maximum absolute atomic E-state index is 6.23. The number of aryl methyl sites for hydroxylation is 1. The molecule has 0 saturated heterocycles. The van der Waals surface area contributed by atoms with Crippen LogP contribution in [0.5, 0.6) is 0 Å². The molecule has 7 heteroatoms. The minimum absolute atomic E-state index is 0. The van der Waals surface area contributed by atoms with Crippen LogP contribution in [0.15, 0.2) is 60.4 Å². The number of nitrogens with zero attached hydrogens (tertiary/aromatic N) is 3. The molecule has 142 valence electrons. The van der Waals surface area contributed by atoms with E-state index in [0.29, 0.717) is 10.0 Å². The average molecular weight is 449 g/mol. The van der Waals surface area contributed by atoms with Crippen LogP contribution in [0.2, 0.25) is 10.0 Å². The Morgan fingerprint density at radius 1 is 0.857 bits per heavy atom. The SMILES string of the molecule is Cc1sc[n+](-c2c(-c3cc(Cl)ccn3)cccc2-c2cc(Cl)ccn2)c1C.[Cl-]. The Labute approximate surface area is 184 Å². The fraction of sp³-hybridized carbons (Fsp3) is 0.0952. The molecule has 0 aliphatic heterocycles. The van der Waals surface area contributed by atoms with Gasteiger partial charge in [0, 0.05) is 29.4 Å². The van der Waals surface area contributed by atoms with Gasteiger partial charge in [0.15, 0.2) is 5.69 Å². The van der Waals surface area contributed by atoms with E-state index in [1.165, 1.54) is 10.6 Å². The van der Waals surface area contributed by atoms with Crippen molar-refractivity contribution in [2.45, 2.75) is 13.8 Å². The fourth-order valence-corrected chi connectivity index (χ4v) is 4.12. The van der Waals surface area contributed by atoms with E-state index in [1.54, 1.807) is 35.9 Å². The summed E-state index contributed by atoms with van der Waals surface area (Å²) in [6.45, 7) is 4.23. The number of halogens is 3. The summed E-state index contributed by atoms with van der Waals surface area (Å²) in [5, 5.41) is 1.31. The molecule has 4 aromatic rings.